The quantitative estimate of drug-likeness (QED) is 0.565. The first-order valence-corrected chi connectivity index (χ1v) is 4.26. The van der Waals surface area contributed by atoms with E-state index in [0.29, 0.717) is 11.3 Å². The van der Waals surface area contributed by atoms with Crippen LogP contribution in [0, 0.1) is 5.82 Å². The fourth-order valence-corrected chi connectivity index (χ4v) is 1.03. The van der Waals surface area contributed by atoms with Gasteiger partial charge in [-0.15, -0.1) is 0 Å². The van der Waals surface area contributed by atoms with Gasteiger partial charge >= 0.3 is 5.97 Å². The van der Waals surface area contributed by atoms with Crippen LogP contribution in [0.1, 0.15) is 5.56 Å². The van der Waals surface area contributed by atoms with E-state index in [1.807, 2.05) is 0 Å². The van der Waals surface area contributed by atoms with Gasteiger partial charge in [-0.2, -0.15) is 0 Å². The molecule has 0 spiro atoms. The molecular formula is C11H11FO3. The number of carbonyl (C=O) groups excluding carboxylic acids is 1. The summed E-state index contributed by atoms with van der Waals surface area (Å²) in [5.41, 5.74) is 0.539. The lowest BCUT2D eigenvalue weighted by atomic mass is 10.2. The normalized spacial score (nSPS) is 10.3. The van der Waals surface area contributed by atoms with Crippen molar-refractivity contribution in [2.45, 2.75) is 0 Å². The van der Waals surface area contributed by atoms with E-state index in [2.05, 4.69) is 4.74 Å². The van der Waals surface area contributed by atoms with Crippen molar-refractivity contribution in [1.82, 2.24) is 0 Å². The Labute approximate surface area is 87.1 Å². The van der Waals surface area contributed by atoms with Crippen molar-refractivity contribution >= 4 is 12.0 Å². The predicted octanol–water partition coefficient (Wildman–Crippen LogP) is 2.02. The lowest BCUT2D eigenvalue weighted by Gasteiger charge is -2.01. The Kier molecular flexibility index (Phi) is 3.85. The average Bonchev–Trinajstić information content (AvgIpc) is 2.25. The minimum atomic E-state index is -0.488. The van der Waals surface area contributed by atoms with E-state index in [9.17, 15) is 9.18 Å². The van der Waals surface area contributed by atoms with E-state index >= 15 is 0 Å². The van der Waals surface area contributed by atoms with Crippen molar-refractivity contribution in [3.05, 3.63) is 35.7 Å². The third kappa shape index (κ3) is 3.42. The number of ether oxygens (including phenoxy) is 2. The Bertz CT molecular complexity index is 385. The maximum atomic E-state index is 13.0. The summed E-state index contributed by atoms with van der Waals surface area (Å²) in [6, 6.07) is 4.17. The van der Waals surface area contributed by atoms with Crippen molar-refractivity contribution in [1.29, 1.82) is 0 Å². The van der Waals surface area contributed by atoms with Gasteiger partial charge in [-0.3, -0.25) is 0 Å². The van der Waals surface area contributed by atoms with Gasteiger partial charge in [0.1, 0.15) is 11.6 Å². The molecule has 0 saturated heterocycles. The largest absolute Gasteiger partial charge is 0.497 e. The summed E-state index contributed by atoms with van der Waals surface area (Å²) in [7, 11) is 2.72. The number of halogens is 1. The fourth-order valence-electron chi connectivity index (χ4n) is 1.03. The molecule has 0 aromatic heterocycles. The van der Waals surface area contributed by atoms with E-state index in [1.165, 1.54) is 38.5 Å². The summed E-state index contributed by atoms with van der Waals surface area (Å²) < 4.78 is 22.3. The summed E-state index contributed by atoms with van der Waals surface area (Å²) in [5, 5.41) is 0. The topological polar surface area (TPSA) is 35.5 Å². The summed E-state index contributed by atoms with van der Waals surface area (Å²) in [6.45, 7) is 0. The second-order valence-corrected chi connectivity index (χ2v) is 2.78. The highest BCUT2D eigenvalue weighted by Crippen LogP contribution is 2.16. The first kappa shape index (κ1) is 11.2. The molecule has 0 heterocycles. The van der Waals surface area contributed by atoms with Gasteiger partial charge in [-0.25, -0.2) is 9.18 Å². The van der Waals surface area contributed by atoms with Crippen LogP contribution in [0.2, 0.25) is 0 Å². The van der Waals surface area contributed by atoms with Crippen molar-refractivity contribution in [2.75, 3.05) is 14.2 Å². The van der Waals surface area contributed by atoms with E-state index in [-0.39, 0.29) is 0 Å². The van der Waals surface area contributed by atoms with Crippen molar-refractivity contribution in [3.63, 3.8) is 0 Å². The fraction of sp³-hybridized carbons (Fsp3) is 0.182. The zero-order chi connectivity index (χ0) is 11.3. The van der Waals surface area contributed by atoms with Gasteiger partial charge in [0.15, 0.2) is 0 Å². The number of hydrogen-bond donors (Lipinski definition) is 0. The first-order chi connectivity index (χ1) is 7.15. The van der Waals surface area contributed by atoms with Gasteiger partial charge in [0.05, 0.1) is 14.2 Å². The highest BCUT2D eigenvalue weighted by atomic mass is 19.1. The van der Waals surface area contributed by atoms with Crippen molar-refractivity contribution < 1.29 is 18.7 Å². The Morgan fingerprint density at radius 2 is 2.07 bits per heavy atom. The van der Waals surface area contributed by atoms with Gasteiger partial charge in [0, 0.05) is 12.1 Å². The molecule has 1 aromatic carbocycles. The molecule has 0 atom stereocenters. The second kappa shape index (κ2) is 5.14. The lowest BCUT2D eigenvalue weighted by molar-refractivity contribution is -0.134. The third-order valence-electron chi connectivity index (χ3n) is 1.74. The molecule has 4 heteroatoms. The van der Waals surface area contributed by atoms with Gasteiger partial charge in [-0.05, 0) is 23.8 Å². The minimum Gasteiger partial charge on any atom is -0.497 e. The SMILES string of the molecule is COC(=O)C=Cc1cc(F)cc(OC)c1. The van der Waals surface area contributed by atoms with Crippen LogP contribution in [0.3, 0.4) is 0 Å². The Morgan fingerprint density at radius 1 is 1.33 bits per heavy atom. The maximum Gasteiger partial charge on any atom is 0.330 e. The standard InChI is InChI=1S/C11H11FO3/c1-14-10-6-8(5-9(12)7-10)3-4-11(13)15-2/h3-7H,1-2H3. The monoisotopic (exact) mass is 210 g/mol. The number of rotatable bonds is 3. The molecule has 0 unspecified atom stereocenters. The van der Waals surface area contributed by atoms with Crippen molar-refractivity contribution in [2.24, 2.45) is 0 Å². The number of carbonyl (C=O) groups is 1. The minimum absolute atomic E-state index is 0.402. The molecule has 0 radical (unpaired) electrons. The highest BCUT2D eigenvalue weighted by molar-refractivity contribution is 5.86. The van der Waals surface area contributed by atoms with Crippen LogP contribution in [-0.4, -0.2) is 20.2 Å². The molecule has 0 aliphatic heterocycles. The Morgan fingerprint density at radius 3 is 2.67 bits per heavy atom. The van der Waals surface area contributed by atoms with Gasteiger partial charge in [-0.1, -0.05) is 0 Å². The highest BCUT2D eigenvalue weighted by Gasteiger charge is 1.99. The average molecular weight is 210 g/mol. The van der Waals surface area contributed by atoms with Gasteiger partial charge in [0.25, 0.3) is 0 Å². The smallest absolute Gasteiger partial charge is 0.330 e. The van der Waals surface area contributed by atoms with Gasteiger partial charge < -0.3 is 9.47 Å². The molecule has 1 aromatic rings. The van der Waals surface area contributed by atoms with Crippen LogP contribution in [0.25, 0.3) is 6.08 Å². The molecule has 0 amide bonds. The van der Waals surface area contributed by atoms with Crippen molar-refractivity contribution in [3.8, 4) is 5.75 Å². The summed E-state index contributed by atoms with van der Waals surface area (Å²) in [5.74, 6) is -0.503. The van der Waals surface area contributed by atoms with E-state index in [1.54, 1.807) is 6.07 Å². The zero-order valence-electron chi connectivity index (χ0n) is 8.49. The van der Waals surface area contributed by atoms with Crippen LogP contribution in [0.4, 0.5) is 4.39 Å². The molecule has 1 rings (SSSR count). The first-order valence-electron chi connectivity index (χ1n) is 4.26. The molecular weight excluding hydrogens is 199 g/mol. The number of benzene rings is 1. The molecule has 0 N–H and O–H groups in total. The van der Waals surface area contributed by atoms with Crippen LogP contribution in [0.15, 0.2) is 24.3 Å². The molecule has 80 valence electrons. The zero-order valence-corrected chi connectivity index (χ0v) is 8.49. The molecule has 15 heavy (non-hydrogen) atoms. The van der Waals surface area contributed by atoms with Crippen LogP contribution in [-0.2, 0) is 9.53 Å². The van der Waals surface area contributed by atoms with Crippen LogP contribution < -0.4 is 4.74 Å². The number of esters is 1. The molecule has 0 fully saturated rings. The number of methoxy groups -OCH3 is 2. The summed E-state index contributed by atoms with van der Waals surface area (Å²) in [4.78, 5) is 10.8. The Hall–Kier alpha value is -1.84. The maximum absolute atomic E-state index is 13.0. The molecule has 0 saturated carbocycles. The molecule has 0 aliphatic rings. The van der Waals surface area contributed by atoms with Crippen LogP contribution >= 0.6 is 0 Å². The summed E-state index contributed by atoms with van der Waals surface area (Å²) >= 11 is 0. The Balaban J connectivity index is 2.90. The van der Waals surface area contributed by atoms with E-state index in [0.717, 1.165) is 0 Å². The third-order valence-corrected chi connectivity index (χ3v) is 1.74. The van der Waals surface area contributed by atoms with Gasteiger partial charge in [0.2, 0.25) is 0 Å². The number of hydrogen-bond acceptors (Lipinski definition) is 3. The summed E-state index contributed by atoms with van der Waals surface area (Å²) in [6.07, 6.45) is 2.67. The molecule has 0 aliphatic carbocycles. The van der Waals surface area contributed by atoms with E-state index in [4.69, 9.17) is 4.74 Å². The second-order valence-electron chi connectivity index (χ2n) is 2.78. The van der Waals surface area contributed by atoms with E-state index < -0.39 is 11.8 Å². The lowest BCUT2D eigenvalue weighted by Crippen LogP contribution is -1.93. The van der Waals surface area contributed by atoms with Crippen LogP contribution in [0.5, 0.6) is 5.75 Å². The molecule has 3 nitrogen and oxygen atoms in total. The predicted molar refractivity (Wildman–Crippen MR) is 54.0 cm³/mol. The molecule has 0 bridgehead atoms.